The average Bonchev–Trinajstić information content (AvgIpc) is 2.90. The molecular weight excluding hydrogens is 238 g/mol. The minimum atomic E-state index is -0.0821. The first kappa shape index (κ1) is 11.7. The van der Waals surface area contributed by atoms with Gasteiger partial charge in [-0.1, -0.05) is 6.07 Å². The summed E-state index contributed by atoms with van der Waals surface area (Å²) in [4.78, 5) is 12.9. The Labute approximate surface area is 103 Å². The van der Waals surface area contributed by atoms with Crippen LogP contribution in [0, 0.1) is 0 Å². The molecule has 1 unspecified atom stereocenters. The standard InChI is InChI=1S/C10H13N5OS/c1-8(5-9-3-2-4-17-9)12-10(16)6-15-7-11-13-14-15/h2-4,7-8H,5-6H2,1H3,(H,12,16). The number of thiophene rings is 1. The lowest BCUT2D eigenvalue weighted by Crippen LogP contribution is -2.36. The zero-order valence-corrected chi connectivity index (χ0v) is 10.2. The summed E-state index contributed by atoms with van der Waals surface area (Å²) in [7, 11) is 0. The summed E-state index contributed by atoms with van der Waals surface area (Å²) >= 11 is 1.69. The lowest BCUT2D eigenvalue weighted by atomic mass is 10.2. The van der Waals surface area contributed by atoms with Crippen LogP contribution in [-0.4, -0.2) is 32.2 Å². The third-order valence-electron chi connectivity index (χ3n) is 2.19. The molecule has 7 heteroatoms. The van der Waals surface area contributed by atoms with E-state index in [-0.39, 0.29) is 18.5 Å². The van der Waals surface area contributed by atoms with Gasteiger partial charge in [-0.3, -0.25) is 4.79 Å². The quantitative estimate of drug-likeness (QED) is 0.839. The summed E-state index contributed by atoms with van der Waals surface area (Å²) in [5, 5.41) is 15.5. The second-order valence-electron chi connectivity index (χ2n) is 3.76. The Morgan fingerprint density at radius 3 is 3.18 bits per heavy atom. The topological polar surface area (TPSA) is 72.7 Å². The van der Waals surface area contributed by atoms with Gasteiger partial charge in [-0.2, -0.15) is 0 Å². The SMILES string of the molecule is CC(Cc1cccs1)NC(=O)Cn1cnnn1. The number of nitrogens with zero attached hydrogens (tertiary/aromatic N) is 4. The van der Waals surface area contributed by atoms with Gasteiger partial charge in [-0.25, -0.2) is 4.68 Å². The summed E-state index contributed by atoms with van der Waals surface area (Å²) < 4.78 is 1.40. The number of hydrogen-bond donors (Lipinski definition) is 1. The molecule has 0 aromatic carbocycles. The van der Waals surface area contributed by atoms with Crippen molar-refractivity contribution >= 4 is 17.2 Å². The van der Waals surface area contributed by atoms with Crippen molar-refractivity contribution in [1.82, 2.24) is 25.5 Å². The first-order valence-corrected chi connectivity index (χ1v) is 6.14. The minimum absolute atomic E-state index is 0.0821. The van der Waals surface area contributed by atoms with Gasteiger partial charge in [0.15, 0.2) is 0 Å². The van der Waals surface area contributed by atoms with Gasteiger partial charge in [0.1, 0.15) is 12.9 Å². The number of carbonyl (C=O) groups is 1. The fourth-order valence-corrected chi connectivity index (χ4v) is 2.34. The van der Waals surface area contributed by atoms with E-state index < -0.39 is 0 Å². The molecule has 0 fully saturated rings. The molecule has 0 aliphatic carbocycles. The number of amides is 1. The van der Waals surface area contributed by atoms with Crippen LogP contribution in [0.4, 0.5) is 0 Å². The number of aromatic nitrogens is 4. The lowest BCUT2D eigenvalue weighted by Gasteiger charge is -2.12. The molecule has 2 aromatic rings. The highest BCUT2D eigenvalue weighted by Crippen LogP contribution is 2.10. The molecule has 2 rings (SSSR count). The highest BCUT2D eigenvalue weighted by molar-refractivity contribution is 7.09. The van der Waals surface area contributed by atoms with Gasteiger partial charge in [0, 0.05) is 17.3 Å². The second kappa shape index (κ2) is 5.53. The van der Waals surface area contributed by atoms with Crippen molar-refractivity contribution in [2.75, 3.05) is 0 Å². The predicted molar refractivity (Wildman–Crippen MR) is 63.4 cm³/mol. The highest BCUT2D eigenvalue weighted by atomic mass is 32.1. The number of nitrogens with one attached hydrogen (secondary N) is 1. The van der Waals surface area contributed by atoms with Crippen molar-refractivity contribution in [2.24, 2.45) is 0 Å². The zero-order chi connectivity index (χ0) is 12.1. The molecule has 90 valence electrons. The van der Waals surface area contributed by atoms with Crippen molar-refractivity contribution in [2.45, 2.75) is 25.9 Å². The van der Waals surface area contributed by atoms with E-state index in [9.17, 15) is 4.79 Å². The molecule has 0 spiro atoms. The molecular formula is C10H13N5OS. The van der Waals surface area contributed by atoms with E-state index in [0.717, 1.165) is 6.42 Å². The van der Waals surface area contributed by atoms with E-state index in [4.69, 9.17) is 0 Å². The lowest BCUT2D eigenvalue weighted by molar-refractivity contribution is -0.122. The van der Waals surface area contributed by atoms with Crippen LogP contribution < -0.4 is 5.32 Å². The molecule has 0 bridgehead atoms. The third-order valence-corrected chi connectivity index (χ3v) is 3.09. The van der Waals surface area contributed by atoms with E-state index in [0.29, 0.717) is 0 Å². The second-order valence-corrected chi connectivity index (χ2v) is 4.79. The molecule has 2 heterocycles. The van der Waals surface area contributed by atoms with E-state index in [1.165, 1.54) is 15.9 Å². The van der Waals surface area contributed by atoms with Crippen LogP contribution in [0.15, 0.2) is 23.8 Å². The Morgan fingerprint density at radius 1 is 1.65 bits per heavy atom. The van der Waals surface area contributed by atoms with Gasteiger partial charge in [0.2, 0.25) is 5.91 Å². The highest BCUT2D eigenvalue weighted by Gasteiger charge is 2.09. The molecule has 1 amide bonds. The van der Waals surface area contributed by atoms with Crippen LogP contribution in [0.3, 0.4) is 0 Å². The Hall–Kier alpha value is -1.76. The van der Waals surface area contributed by atoms with Crippen LogP contribution in [0.25, 0.3) is 0 Å². The van der Waals surface area contributed by atoms with Crippen molar-refractivity contribution in [3.63, 3.8) is 0 Å². The Balaban J connectivity index is 1.78. The summed E-state index contributed by atoms with van der Waals surface area (Å²) in [6, 6.07) is 4.18. The van der Waals surface area contributed by atoms with Gasteiger partial charge in [0.25, 0.3) is 0 Å². The number of rotatable bonds is 5. The van der Waals surface area contributed by atoms with Crippen LogP contribution in [-0.2, 0) is 17.8 Å². The van der Waals surface area contributed by atoms with Gasteiger partial charge >= 0.3 is 0 Å². The molecule has 1 atom stereocenters. The van der Waals surface area contributed by atoms with Crippen LogP contribution in [0.2, 0.25) is 0 Å². The van der Waals surface area contributed by atoms with Crippen LogP contribution in [0.1, 0.15) is 11.8 Å². The van der Waals surface area contributed by atoms with Gasteiger partial charge in [0.05, 0.1) is 0 Å². The average molecular weight is 251 g/mol. The molecule has 6 nitrogen and oxygen atoms in total. The van der Waals surface area contributed by atoms with Gasteiger partial charge < -0.3 is 5.32 Å². The smallest absolute Gasteiger partial charge is 0.242 e. The monoisotopic (exact) mass is 251 g/mol. The summed E-state index contributed by atoms with van der Waals surface area (Å²) in [5.41, 5.74) is 0. The van der Waals surface area contributed by atoms with Gasteiger partial charge in [-0.15, -0.1) is 16.4 Å². The Kier molecular flexibility index (Phi) is 3.81. The third kappa shape index (κ3) is 3.63. The number of carbonyl (C=O) groups excluding carboxylic acids is 1. The van der Waals surface area contributed by atoms with Gasteiger partial charge in [-0.05, 0) is 28.8 Å². The predicted octanol–water partition coefficient (Wildman–Crippen LogP) is 0.482. The molecule has 1 N–H and O–H groups in total. The maximum Gasteiger partial charge on any atom is 0.242 e. The number of tetrazole rings is 1. The first-order chi connectivity index (χ1) is 8.24. The minimum Gasteiger partial charge on any atom is -0.352 e. The van der Waals surface area contributed by atoms with Crippen LogP contribution >= 0.6 is 11.3 Å². The van der Waals surface area contributed by atoms with E-state index >= 15 is 0 Å². The summed E-state index contributed by atoms with van der Waals surface area (Å²) in [6.07, 6.45) is 2.27. The largest absolute Gasteiger partial charge is 0.352 e. The maximum absolute atomic E-state index is 11.6. The van der Waals surface area contributed by atoms with E-state index in [2.05, 4.69) is 26.9 Å². The van der Waals surface area contributed by atoms with Crippen LogP contribution in [0.5, 0.6) is 0 Å². The first-order valence-electron chi connectivity index (χ1n) is 5.26. The van der Waals surface area contributed by atoms with Crippen molar-refractivity contribution in [3.8, 4) is 0 Å². The summed E-state index contributed by atoms with van der Waals surface area (Å²) in [5.74, 6) is -0.0821. The van der Waals surface area contributed by atoms with Crippen molar-refractivity contribution in [3.05, 3.63) is 28.7 Å². The molecule has 0 aliphatic rings. The van der Waals surface area contributed by atoms with Crippen molar-refractivity contribution < 1.29 is 4.79 Å². The fraction of sp³-hybridized carbons (Fsp3) is 0.400. The van der Waals surface area contributed by atoms with E-state index in [1.807, 2.05) is 18.4 Å². The van der Waals surface area contributed by atoms with Crippen molar-refractivity contribution in [1.29, 1.82) is 0 Å². The molecule has 2 aromatic heterocycles. The number of hydrogen-bond acceptors (Lipinski definition) is 5. The maximum atomic E-state index is 11.6. The molecule has 0 saturated carbocycles. The normalized spacial score (nSPS) is 12.3. The summed E-state index contributed by atoms with van der Waals surface area (Å²) in [6.45, 7) is 2.14. The fourth-order valence-electron chi connectivity index (χ4n) is 1.50. The molecule has 17 heavy (non-hydrogen) atoms. The molecule has 0 saturated heterocycles. The Bertz CT molecular complexity index is 453. The zero-order valence-electron chi connectivity index (χ0n) is 9.41. The van der Waals surface area contributed by atoms with E-state index in [1.54, 1.807) is 11.3 Å². The molecule has 0 radical (unpaired) electrons. The Morgan fingerprint density at radius 2 is 2.53 bits per heavy atom. The molecule has 0 aliphatic heterocycles.